The van der Waals surface area contributed by atoms with Gasteiger partial charge in [-0.25, -0.2) is 9.78 Å². The molecule has 7 nitrogen and oxygen atoms in total. The highest BCUT2D eigenvalue weighted by Crippen LogP contribution is 2.11. The van der Waals surface area contributed by atoms with Gasteiger partial charge in [0.05, 0.1) is 11.8 Å². The molecule has 0 aliphatic carbocycles. The maximum Gasteiger partial charge on any atom is 0.335 e. The summed E-state index contributed by atoms with van der Waals surface area (Å²) in [5.41, 5.74) is 0.622. The molecule has 7 heteroatoms. The van der Waals surface area contributed by atoms with E-state index in [0.717, 1.165) is 0 Å². The summed E-state index contributed by atoms with van der Waals surface area (Å²) in [5, 5.41) is 14.7. The molecular formula is C11H9N3O4. The molecule has 0 saturated carbocycles. The molecule has 2 aromatic rings. The standard InChI is InChI=1S/C11H9N3O4/c1-6-5-13-18-9(6)10(15)14-8-4-7(11(16)17)2-3-12-8/h2-5H,1H3,(H,16,17)(H,12,14,15). The Bertz CT molecular complexity index is 606. The van der Waals surface area contributed by atoms with Gasteiger partial charge in [-0.1, -0.05) is 5.16 Å². The number of carbonyl (C=O) groups excluding carboxylic acids is 1. The van der Waals surface area contributed by atoms with Crippen LogP contribution in [-0.2, 0) is 0 Å². The van der Waals surface area contributed by atoms with Gasteiger partial charge in [-0.05, 0) is 19.1 Å². The minimum absolute atomic E-state index is 0.0367. The van der Waals surface area contributed by atoms with Gasteiger partial charge < -0.3 is 14.9 Å². The van der Waals surface area contributed by atoms with Crippen LogP contribution in [0.1, 0.15) is 26.5 Å². The highest BCUT2D eigenvalue weighted by Gasteiger charge is 2.15. The van der Waals surface area contributed by atoms with Crippen LogP contribution in [0, 0.1) is 6.92 Å². The Balaban J connectivity index is 2.20. The lowest BCUT2D eigenvalue weighted by Gasteiger charge is -2.02. The van der Waals surface area contributed by atoms with E-state index in [1.807, 2.05) is 0 Å². The zero-order chi connectivity index (χ0) is 13.1. The van der Waals surface area contributed by atoms with Crippen molar-refractivity contribution in [2.24, 2.45) is 0 Å². The Labute approximate surface area is 101 Å². The van der Waals surface area contributed by atoms with Crippen molar-refractivity contribution >= 4 is 17.7 Å². The fraction of sp³-hybridized carbons (Fsp3) is 0.0909. The van der Waals surface area contributed by atoms with Crippen LogP contribution in [0.2, 0.25) is 0 Å². The molecule has 0 atom stereocenters. The molecule has 1 amide bonds. The van der Waals surface area contributed by atoms with Gasteiger partial charge in [0.2, 0.25) is 5.76 Å². The van der Waals surface area contributed by atoms with Crippen LogP contribution in [0.25, 0.3) is 0 Å². The van der Waals surface area contributed by atoms with Crippen LogP contribution in [0.4, 0.5) is 5.82 Å². The number of nitrogens with one attached hydrogen (secondary N) is 1. The van der Waals surface area contributed by atoms with E-state index in [2.05, 4.69) is 15.5 Å². The summed E-state index contributed by atoms with van der Waals surface area (Å²) in [6, 6.07) is 2.59. The van der Waals surface area contributed by atoms with E-state index in [1.165, 1.54) is 24.5 Å². The number of anilines is 1. The molecule has 0 aromatic carbocycles. The Hall–Kier alpha value is -2.70. The van der Waals surface area contributed by atoms with E-state index in [-0.39, 0.29) is 17.1 Å². The van der Waals surface area contributed by atoms with Crippen molar-refractivity contribution in [3.05, 3.63) is 41.4 Å². The third-order valence-corrected chi connectivity index (χ3v) is 2.20. The van der Waals surface area contributed by atoms with Gasteiger partial charge in [0, 0.05) is 11.8 Å². The smallest absolute Gasteiger partial charge is 0.335 e. The lowest BCUT2D eigenvalue weighted by Crippen LogP contribution is -2.13. The van der Waals surface area contributed by atoms with Crippen molar-refractivity contribution in [2.75, 3.05) is 5.32 Å². The Morgan fingerprint density at radius 3 is 2.83 bits per heavy atom. The number of amides is 1. The van der Waals surface area contributed by atoms with E-state index in [9.17, 15) is 9.59 Å². The highest BCUT2D eigenvalue weighted by molar-refractivity contribution is 6.03. The van der Waals surface area contributed by atoms with Gasteiger partial charge in [-0.2, -0.15) is 0 Å². The summed E-state index contributed by atoms with van der Waals surface area (Å²) in [5.74, 6) is -1.42. The van der Waals surface area contributed by atoms with Crippen molar-refractivity contribution in [2.45, 2.75) is 6.92 Å². The summed E-state index contributed by atoms with van der Waals surface area (Å²) >= 11 is 0. The van der Waals surface area contributed by atoms with Gasteiger partial charge in [-0.15, -0.1) is 0 Å². The summed E-state index contributed by atoms with van der Waals surface area (Å²) in [6.07, 6.45) is 2.71. The lowest BCUT2D eigenvalue weighted by atomic mass is 10.2. The Morgan fingerprint density at radius 2 is 2.22 bits per heavy atom. The topological polar surface area (TPSA) is 105 Å². The van der Waals surface area contributed by atoms with Crippen LogP contribution < -0.4 is 5.32 Å². The number of carboxylic acid groups (broad SMARTS) is 1. The molecule has 0 fully saturated rings. The van der Waals surface area contributed by atoms with Crippen molar-refractivity contribution in [3.63, 3.8) is 0 Å². The van der Waals surface area contributed by atoms with Crippen LogP contribution in [0.5, 0.6) is 0 Å². The van der Waals surface area contributed by atoms with Crippen molar-refractivity contribution in [1.82, 2.24) is 10.1 Å². The van der Waals surface area contributed by atoms with Crippen molar-refractivity contribution < 1.29 is 19.2 Å². The third-order valence-electron chi connectivity index (χ3n) is 2.20. The largest absolute Gasteiger partial charge is 0.478 e. The summed E-state index contributed by atoms with van der Waals surface area (Å²) < 4.78 is 4.77. The minimum atomic E-state index is -1.09. The molecule has 0 saturated heterocycles. The number of aromatic nitrogens is 2. The SMILES string of the molecule is Cc1cnoc1C(=O)Nc1cc(C(=O)O)ccn1. The first-order chi connectivity index (χ1) is 8.58. The quantitative estimate of drug-likeness (QED) is 0.847. The maximum atomic E-state index is 11.7. The van der Waals surface area contributed by atoms with Crippen molar-refractivity contribution in [3.8, 4) is 0 Å². The summed E-state index contributed by atoms with van der Waals surface area (Å²) in [4.78, 5) is 26.3. The maximum absolute atomic E-state index is 11.7. The molecule has 18 heavy (non-hydrogen) atoms. The summed E-state index contributed by atoms with van der Waals surface area (Å²) in [7, 11) is 0. The zero-order valence-corrected chi connectivity index (χ0v) is 9.38. The molecule has 92 valence electrons. The second kappa shape index (κ2) is 4.66. The fourth-order valence-corrected chi connectivity index (χ4v) is 1.31. The molecule has 0 aliphatic rings. The number of nitrogens with zero attached hydrogens (tertiary/aromatic N) is 2. The Morgan fingerprint density at radius 1 is 1.44 bits per heavy atom. The van der Waals surface area contributed by atoms with Crippen LogP contribution in [0.15, 0.2) is 29.0 Å². The number of hydrogen-bond donors (Lipinski definition) is 2. The van der Waals surface area contributed by atoms with Crippen molar-refractivity contribution in [1.29, 1.82) is 0 Å². The van der Waals surface area contributed by atoms with Gasteiger partial charge >= 0.3 is 5.97 Å². The van der Waals surface area contributed by atoms with Crippen LogP contribution >= 0.6 is 0 Å². The van der Waals surface area contributed by atoms with Gasteiger partial charge in [-0.3, -0.25) is 4.79 Å². The fourth-order valence-electron chi connectivity index (χ4n) is 1.31. The summed E-state index contributed by atoms with van der Waals surface area (Å²) in [6.45, 7) is 1.67. The van der Waals surface area contributed by atoms with E-state index in [1.54, 1.807) is 6.92 Å². The molecule has 2 aromatic heterocycles. The minimum Gasteiger partial charge on any atom is -0.478 e. The molecule has 0 aliphatic heterocycles. The third kappa shape index (κ3) is 2.34. The number of aromatic carboxylic acids is 1. The number of rotatable bonds is 3. The van der Waals surface area contributed by atoms with E-state index in [4.69, 9.17) is 9.63 Å². The molecule has 2 rings (SSSR count). The first-order valence-corrected chi connectivity index (χ1v) is 5.00. The van der Waals surface area contributed by atoms with E-state index in [0.29, 0.717) is 5.56 Å². The lowest BCUT2D eigenvalue weighted by molar-refractivity contribution is 0.0696. The van der Waals surface area contributed by atoms with Gasteiger partial charge in [0.15, 0.2) is 0 Å². The number of carboxylic acids is 1. The molecule has 0 bridgehead atoms. The monoisotopic (exact) mass is 247 g/mol. The first kappa shape index (κ1) is 11.8. The molecular weight excluding hydrogens is 238 g/mol. The molecule has 2 heterocycles. The van der Waals surface area contributed by atoms with Gasteiger partial charge in [0.25, 0.3) is 5.91 Å². The predicted molar refractivity (Wildman–Crippen MR) is 60.4 cm³/mol. The number of pyridine rings is 1. The van der Waals surface area contributed by atoms with E-state index < -0.39 is 11.9 Å². The molecule has 2 N–H and O–H groups in total. The second-order valence-electron chi connectivity index (χ2n) is 3.53. The van der Waals surface area contributed by atoms with Gasteiger partial charge in [0.1, 0.15) is 5.82 Å². The predicted octanol–water partition coefficient (Wildman–Crippen LogP) is 1.33. The average molecular weight is 247 g/mol. The molecule has 0 spiro atoms. The number of carbonyl (C=O) groups is 2. The highest BCUT2D eigenvalue weighted by atomic mass is 16.5. The van der Waals surface area contributed by atoms with Crippen LogP contribution in [0.3, 0.4) is 0 Å². The average Bonchev–Trinajstić information content (AvgIpc) is 2.76. The molecule has 0 radical (unpaired) electrons. The molecule has 0 unspecified atom stereocenters. The zero-order valence-electron chi connectivity index (χ0n) is 9.38. The normalized spacial score (nSPS) is 10.1. The number of hydrogen-bond acceptors (Lipinski definition) is 5. The number of aryl methyl sites for hydroxylation is 1. The van der Waals surface area contributed by atoms with E-state index >= 15 is 0 Å². The second-order valence-corrected chi connectivity index (χ2v) is 3.53. The first-order valence-electron chi connectivity index (χ1n) is 5.00. The Kier molecular flexibility index (Phi) is 3.05. The van der Waals surface area contributed by atoms with Crippen LogP contribution in [-0.4, -0.2) is 27.1 Å².